The van der Waals surface area contributed by atoms with E-state index in [1.165, 1.54) is 11.0 Å². The molecule has 1 atom stereocenters. The van der Waals surface area contributed by atoms with Gasteiger partial charge in [0.1, 0.15) is 0 Å². The Hall–Kier alpha value is -1.84. The molecule has 0 saturated carbocycles. The molecule has 1 aromatic carbocycles. The number of carboxylic acid groups (broad SMARTS) is 1. The van der Waals surface area contributed by atoms with Crippen LogP contribution in [0.15, 0.2) is 24.3 Å². The molecule has 1 unspecified atom stereocenters. The second-order valence-corrected chi connectivity index (χ2v) is 4.03. The lowest BCUT2D eigenvalue weighted by atomic mass is 10.1. The Morgan fingerprint density at radius 3 is 2.47 bits per heavy atom. The maximum absolute atomic E-state index is 12.0. The Balaban J connectivity index is 3.08. The zero-order valence-corrected chi connectivity index (χ0v) is 10.3. The maximum atomic E-state index is 12.0. The number of carbonyl (C=O) groups excluding carboxylic acids is 1. The lowest BCUT2D eigenvalue weighted by Crippen LogP contribution is -2.32. The number of para-hydroxylation sites is 1. The molecule has 0 bridgehead atoms. The number of hydrogen-bond donors (Lipinski definition) is 1. The Labute approximate surface area is 101 Å². The molecule has 0 fully saturated rings. The molecule has 4 nitrogen and oxygen atoms in total. The molecule has 1 rings (SSSR count). The molecule has 0 heterocycles. The molecule has 1 amide bonds. The van der Waals surface area contributed by atoms with E-state index in [-0.39, 0.29) is 17.4 Å². The quantitative estimate of drug-likeness (QED) is 0.871. The fourth-order valence-electron chi connectivity index (χ4n) is 1.57. The topological polar surface area (TPSA) is 57.6 Å². The molecule has 92 valence electrons. The average molecular weight is 235 g/mol. The number of aromatic carboxylic acids is 1. The van der Waals surface area contributed by atoms with Gasteiger partial charge in [0.15, 0.2) is 0 Å². The van der Waals surface area contributed by atoms with Gasteiger partial charge in [0.25, 0.3) is 0 Å². The molecule has 0 radical (unpaired) electrons. The summed E-state index contributed by atoms with van der Waals surface area (Å²) < 4.78 is 0. The molecule has 0 aliphatic rings. The number of anilines is 1. The minimum absolute atomic E-state index is 0.0683. The van der Waals surface area contributed by atoms with Crippen LogP contribution in [-0.4, -0.2) is 24.0 Å². The third-order valence-electron chi connectivity index (χ3n) is 2.86. The van der Waals surface area contributed by atoms with Crippen molar-refractivity contribution in [1.29, 1.82) is 0 Å². The standard InChI is InChI=1S/C13H17NO3/c1-4-9(2)12(15)14(3)11-8-6-5-7-10(11)13(16)17/h5-9H,4H2,1-3H3,(H,16,17). The van der Waals surface area contributed by atoms with Crippen molar-refractivity contribution in [2.75, 3.05) is 11.9 Å². The highest BCUT2D eigenvalue weighted by molar-refractivity contribution is 6.02. The smallest absolute Gasteiger partial charge is 0.337 e. The van der Waals surface area contributed by atoms with Gasteiger partial charge in [-0.1, -0.05) is 26.0 Å². The van der Waals surface area contributed by atoms with Crippen LogP contribution >= 0.6 is 0 Å². The van der Waals surface area contributed by atoms with Gasteiger partial charge in [0, 0.05) is 13.0 Å². The van der Waals surface area contributed by atoms with Crippen LogP contribution in [0, 0.1) is 5.92 Å². The van der Waals surface area contributed by atoms with Crippen LogP contribution in [0.25, 0.3) is 0 Å². The number of hydrogen-bond acceptors (Lipinski definition) is 2. The lowest BCUT2D eigenvalue weighted by molar-refractivity contribution is -0.121. The number of carboxylic acids is 1. The minimum Gasteiger partial charge on any atom is -0.478 e. The van der Waals surface area contributed by atoms with Crippen molar-refractivity contribution in [2.24, 2.45) is 5.92 Å². The van der Waals surface area contributed by atoms with Crippen molar-refractivity contribution < 1.29 is 14.7 Å². The van der Waals surface area contributed by atoms with E-state index in [2.05, 4.69) is 0 Å². The first kappa shape index (κ1) is 13.2. The van der Waals surface area contributed by atoms with Gasteiger partial charge in [0.2, 0.25) is 5.91 Å². The highest BCUT2D eigenvalue weighted by Crippen LogP contribution is 2.21. The summed E-state index contributed by atoms with van der Waals surface area (Å²) in [6, 6.07) is 6.51. The van der Waals surface area contributed by atoms with Gasteiger partial charge in [-0.15, -0.1) is 0 Å². The summed E-state index contributed by atoms with van der Waals surface area (Å²) in [6.07, 6.45) is 0.735. The number of rotatable bonds is 4. The molecule has 0 aromatic heterocycles. The zero-order valence-electron chi connectivity index (χ0n) is 10.3. The highest BCUT2D eigenvalue weighted by Gasteiger charge is 2.20. The Bertz CT molecular complexity index is 428. The number of benzene rings is 1. The number of nitrogens with zero attached hydrogens (tertiary/aromatic N) is 1. The fourth-order valence-corrected chi connectivity index (χ4v) is 1.57. The average Bonchev–Trinajstić information content (AvgIpc) is 2.35. The van der Waals surface area contributed by atoms with Crippen molar-refractivity contribution in [3.63, 3.8) is 0 Å². The summed E-state index contributed by atoms with van der Waals surface area (Å²) in [7, 11) is 1.61. The normalized spacial score (nSPS) is 11.9. The van der Waals surface area contributed by atoms with Gasteiger partial charge in [-0.2, -0.15) is 0 Å². The summed E-state index contributed by atoms with van der Waals surface area (Å²) >= 11 is 0. The summed E-state index contributed by atoms with van der Waals surface area (Å²) in [5.41, 5.74) is 0.581. The number of carbonyl (C=O) groups is 2. The molecule has 0 spiro atoms. The van der Waals surface area contributed by atoms with Crippen LogP contribution in [-0.2, 0) is 4.79 Å². The van der Waals surface area contributed by atoms with Crippen molar-refractivity contribution in [2.45, 2.75) is 20.3 Å². The van der Waals surface area contributed by atoms with Gasteiger partial charge < -0.3 is 10.0 Å². The monoisotopic (exact) mass is 235 g/mol. The third-order valence-corrected chi connectivity index (χ3v) is 2.86. The maximum Gasteiger partial charge on any atom is 0.337 e. The molecular formula is C13H17NO3. The van der Waals surface area contributed by atoms with Gasteiger partial charge >= 0.3 is 5.97 Å². The zero-order chi connectivity index (χ0) is 13.0. The second kappa shape index (κ2) is 5.48. The van der Waals surface area contributed by atoms with Crippen molar-refractivity contribution in [3.05, 3.63) is 29.8 Å². The molecular weight excluding hydrogens is 218 g/mol. The van der Waals surface area contributed by atoms with E-state index >= 15 is 0 Å². The molecule has 4 heteroatoms. The molecule has 1 aromatic rings. The van der Waals surface area contributed by atoms with Crippen LogP contribution in [0.4, 0.5) is 5.69 Å². The first-order chi connectivity index (χ1) is 7.99. The Kier molecular flexibility index (Phi) is 4.26. The second-order valence-electron chi connectivity index (χ2n) is 4.03. The lowest BCUT2D eigenvalue weighted by Gasteiger charge is -2.22. The molecule has 0 saturated heterocycles. The Morgan fingerprint density at radius 1 is 1.35 bits per heavy atom. The first-order valence-electron chi connectivity index (χ1n) is 5.59. The van der Waals surface area contributed by atoms with Crippen LogP contribution in [0.5, 0.6) is 0 Å². The molecule has 0 aliphatic heterocycles. The first-order valence-corrected chi connectivity index (χ1v) is 5.59. The highest BCUT2D eigenvalue weighted by atomic mass is 16.4. The van der Waals surface area contributed by atoms with Crippen LogP contribution in [0.3, 0.4) is 0 Å². The predicted octanol–water partition coefficient (Wildman–Crippen LogP) is 2.39. The van der Waals surface area contributed by atoms with E-state index in [4.69, 9.17) is 5.11 Å². The van der Waals surface area contributed by atoms with E-state index in [1.807, 2.05) is 13.8 Å². The molecule has 1 N–H and O–H groups in total. The number of amides is 1. The van der Waals surface area contributed by atoms with E-state index in [0.29, 0.717) is 5.69 Å². The van der Waals surface area contributed by atoms with Gasteiger partial charge in [-0.3, -0.25) is 4.79 Å². The van der Waals surface area contributed by atoms with E-state index < -0.39 is 5.97 Å². The largest absolute Gasteiger partial charge is 0.478 e. The summed E-state index contributed by atoms with van der Waals surface area (Å²) in [5.74, 6) is -1.20. The summed E-state index contributed by atoms with van der Waals surface area (Å²) in [5, 5.41) is 9.05. The van der Waals surface area contributed by atoms with E-state index in [1.54, 1.807) is 25.2 Å². The van der Waals surface area contributed by atoms with Gasteiger partial charge in [-0.25, -0.2) is 4.79 Å². The van der Waals surface area contributed by atoms with Gasteiger partial charge in [-0.05, 0) is 18.6 Å². The summed E-state index contributed by atoms with van der Waals surface area (Å²) in [6.45, 7) is 3.77. The molecule has 17 heavy (non-hydrogen) atoms. The van der Waals surface area contributed by atoms with Crippen molar-refractivity contribution in [3.8, 4) is 0 Å². The van der Waals surface area contributed by atoms with Crippen LogP contribution < -0.4 is 4.90 Å². The van der Waals surface area contributed by atoms with Gasteiger partial charge in [0.05, 0.1) is 11.3 Å². The van der Waals surface area contributed by atoms with Crippen molar-refractivity contribution in [1.82, 2.24) is 0 Å². The summed E-state index contributed by atoms with van der Waals surface area (Å²) in [4.78, 5) is 24.4. The minimum atomic E-state index is -1.02. The van der Waals surface area contributed by atoms with E-state index in [0.717, 1.165) is 6.42 Å². The van der Waals surface area contributed by atoms with E-state index in [9.17, 15) is 9.59 Å². The predicted molar refractivity (Wildman–Crippen MR) is 66.3 cm³/mol. The SMILES string of the molecule is CCC(C)C(=O)N(C)c1ccccc1C(=O)O. The third kappa shape index (κ3) is 2.84. The Morgan fingerprint density at radius 2 is 1.94 bits per heavy atom. The van der Waals surface area contributed by atoms with Crippen LogP contribution in [0.1, 0.15) is 30.6 Å². The molecule has 0 aliphatic carbocycles. The van der Waals surface area contributed by atoms with Crippen LogP contribution in [0.2, 0.25) is 0 Å². The fraction of sp³-hybridized carbons (Fsp3) is 0.385. The van der Waals surface area contributed by atoms with Crippen molar-refractivity contribution >= 4 is 17.6 Å².